The first-order valence-electron chi connectivity index (χ1n) is 29.6. The number of rotatable bonds is 18. The Kier molecular flexibility index (Phi) is 31.6. The number of thioether (sulfide) groups is 3. The molecule has 6 nitrogen and oxygen atoms in total. The fourth-order valence-corrected chi connectivity index (χ4v) is 11.6. The summed E-state index contributed by atoms with van der Waals surface area (Å²) in [6.45, 7) is 47.8. The molecule has 0 saturated heterocycles. The summed E-state index contributed by atoms with van der Waals surface area (Å²) in [6, 6.07) is 38.2. The lowest BCUT2D eigenvalue weighted by Gasteiger charge is -2.28. The van der Waals surface area contributed by atoms with Crippen LogP contribution in [0.3, 0.4) is 0 Å². The van der Waals surface area contributed by atoms with E-state index in [1.54, 1.807) is 0 Å². The molecule has 6 aromatic carbocycles. The maximum Gasteiger partial charge on any atom is 0.124 e. The van der Waals surface area contributed by atoms with Crippen molar-refractivity contribution in [2.75, 3.05) is 33.2 Å². The normalized spacial score (nSPS) is 11.8. The number of hydrogen-bond donors (Lipinski definition) is 6. The van der Waals surface area contributed by atoms with Crippen LogP contribution in [0.25, 0.3) is 0 Å². The van der Waals surface area contributed by atoms with Crippen molar-refractivity contribution in [3.63, 3.8) is 0 Å². The van der Waals surface area contributed by atoms with Gasteiger partial charge in [0.2, 0.25) is 0 Å². The summed E-state index contributed by atoms with van der Waals surface area (Å²) in [5.41, 5.74) is 12.9. The van der Waals surface area contributed by atoms with Gasteiger partial charge in [0.1, 0.15) is 17.2 Å². The molecule has 12 heteroatoms. The zero-order valence-corrected chi connectivity index (χ0v) is 59.9. The van der Waals surface area contributed by atoms with Gasteiger partial charge in [0.25, 0.3) is 0 Å². The van der Waals surface area contributed by atoms with Crippen LogP contribution in [0.2, 0.25) is 0 Å². The number of hydrogen-bond acceptors (Lipinski definition) is 9. The summed E-state index contributed by atoms with van der Waals surface area (Å²) >= 11 is 5.63. The van der Waals surface area contributed by atoms with Crippen molar-refractivity contribution in [1.82, 2.24) is 0 Å². The van der Waals surface area contributed by atoms with Crippen LogP contribution < -0.4 is 16.0 Å². The molecule has 0 aliphatic carbocycles. The van der Waals surface area contributed by atoms with Crippen molar-refractivity contribution in [3.05, 3.63) is 159 Å². The lowest BCUT2D eigenvalue weighted by molar-refractivity contribution is 0.438. The summed E-state index contributed by atoms with van der Waals surface area (Å²) in [4.78, 5) is 3.80. The highest BCUT2D eigenvalue weighted by atomic mass is 35.5. The third-order valence-electron chi connectivity index (χ3n) is 14.0. The Labute approximate surface area is 542 Å². The van der Waals surface area contributed by atoms with Gasteiger partial charge in [-0.15, -0.1) is 72.5 Å². The average molecular weight is 1270 g/mol. The number of halogens is 3. The maximum absolute atomic E-state index is 11.0. The van der Waals surface area contributed by atoms with E-state index in [0.29, 0.717) is 36.9 Å². The third-order valence-corrected chi connectivity index (χ3v) is 17.9. The molecule has 0 fully saturated rings. The molecule has 6 aromatic rings. The van der Waals surface area contributed by atoms with Gasteiger partial charge in [-0.25, -0.2) is 0 Å². The zero-order valence-electron chi connectivity index (χ0n) is 55.0. The van der Waals surface area contributed by atoms with Crippen molar-refractivity contribution in [1.29, 1.82) is 0 Å². The largest absolute Gasteiger partial charge is 0.507 e. The van der Waals surface area contributed by atoms with E-state index in [1.807, 2.05) is 35.3 Å². The number of benzene rings is 6. The van der Waals surface area contributed by atoms with Crippen LogP contribution in [-0.4, -0.2) is 32.6 Å². The van der Waals surface area contributed by atoms with Gasteiger partial charge in [-0.3, -0.25) is 0 Å². The minimum atomic E-state index is -0.102. The molecule has 0 aliphatic heterocycles. The van der Waals surface area contributed by atoms with E-state index in [2.05, 4.69) is 271 Å². The number of phenolic OH excluding ortho intramolecular Hbond substituents is 3. The Morgan fingerprint density at radius 2 is 0.536 bits per heavy atom. The van der Waals surface area contributed by atoms with Gasteiger partial charge in [-0.1, -0.05) is 200 Å². The quantitative estimate of drug-likeness (QED) is 0.0471. The van der Waals surface area contributed by atoms with E-state index in [1.165, 1.54) is 31.4 Å². The number of anilines is 3. The van der Waals surface area contributed by atoms with E-state index in [0.717, 1.165) is 87.0 Å². The Bertz CT molecular complexity index is 2640. The fourth-order valence-electron chi connectivity index (χ4n) is 8.93. The molecule has 0 radical (unpaired) electrons. The minimum absolute atomic E-state index is 0. The summed E-state index contributed by atoms with van der Waals surface area (Å²) in [5, 5.41) is 43.5. The second-order valence-electron chi connectivity index (χ2n) is 27.7. The van der Waals surface area contributed by atoms with Crippen molar-refractivity contribution in [2.45, 2.75) is 231 Å². The predicted octanol–water partition coefficient (Wildman–Crippen LogP) is 22.6. The van der Waals surface area contributed by atoms with E-state index >= 15 is 0 Å². The van der Waals surface area contributed by atoms with Crippen LogP contribution >= 0.6 is 72.5 Å². The molecule has 0 aromatic heterocycles. The summed E-state index contributed by atoms with van der Waals surface area (Å²) in [7, 11) is 0. The molecule has 6 N–H and O–H groups in total. The van der Waals surface area contributed by atoms with Crippen molar-refractivity contribution in [3.8, 4) is 17.2 Å². The van der Waals surface area contributed by atoms with Gasteiger partial charge in [-0.2, -0.15) is 0 Å². The molecule has 84 heavy (non-hydrogen) atoms. The molecule has 0 spiro atoms. The topological polar surface area (TPSA) is 96.8 Å². The number of para-hydroxylation sites is 3. The molecule has 0 atom stereocenters. The first-order chi connectivity index (χ1) is 37.6. The average Bonchev–Trinajstić information content (AvgIpc) is 3.59. The Balaban J connectivity index is 0.000000619. The molecule has 6 rings (SSSR count). The minimum Gasteiger partial charge on any atom is -0.507 e. The van der Waals surface area contributed by atoms with Crippen molar-refractivity contribution in [2.24, 2.45) is 0 Å². The molecule has 468 valence electrons. The smallest absolute Gasteiger partial charge is 0.124 e. The van der Waals surface area contributed by atoms with Gasteiger partial charge >= 0.3 is 0 Å². The zero-order chi connectivity index (χ0) is 60.7. The van der Waals surface area contributed by atoms with Crippen LogP contribution in [0, 0.1) is 0 Å². The molecule has 0 heterocycles. The van der Waals surface area contributed by atoms with Crippen LogP contribution in [0.4, 0.5) is 17.1 Å². The summed E-state index contributed by atoms with van der Waals surface area (Å²) in [6.07, 6.45) is 3.47. The second kappa shape index (κ2) is 34.0. The highest BCUT2D eigenvalue weighted by Gasteiger charge is 2.28. The highest BCUT2D eigenvalue weighted by molar-refractivity contribution is 7.99. The predicted molar refractivity (Wildman–Crippen MR) is 383 cm³/mol. The lowest BCUT2D eigenvalue weighted by Crippen LogP contribution is -2.18. The highest BCUT2D eigenvalue weighted by Crippen LogP contribution is 2.42. The molecule has 0 bridgehead atoms. The number of phenols is 3. The second-order valence-corrected chi connectivity index (χ2v) is 31.1. The molecular weight excluding hydrogens is 1160 g/mol. The van der Waals surface area contributed by atoms with Crippen molar-refractivity contribution < 1.29 is 15.3 Å². The Hall–Kier alpha value is -3.96. The van der Waals surface area contributed by atoms with Gasteiger partial charge in [0.05, 0.1) is 0 Å². The fraction of sp³-hybridized carbons (Fsp3) is 0.500. The Morgan fingerprint density at radius 3 is 0.726 bits per heavy atom. The van der Waals surface area contributed by atoms with E-state index in [4.69, 9.17) is 0 Å². The lowest BCUT2D eigenvalue weighted by atomic mass is 9.79. The SMILES string of the molecule is CCCSc1ccccc1NCc1cc(C(C)(C)C)cc(C(C)(C)C)c1O.CCCSc1ccccc1NCc1cc(C(C)(C)C)cc(C(C)(C)C)c1O.CCCSc1ccccc1NCc1cc(C(C)(C)C)cc(C(C)(C)C)c1O.Cl.Cl.Cl. The molecular formula is C72H108Cl3N3O3S3. The summed E-state index contributed by atoms with van der Waals surface area (Å²) < 4.78 is 0. The number of nitrogens with one attached hydrogen (secondary N) is 3. The third kappa shape index (κ3) is 23.6. The van der Waals surface area contributed by atoms with E-state index in [9.17, 15) is 15.3 Å². The van der Waals surface area contributed by atoms with Gasteiger partial charge in [0, 0.05) is 68.1 Å². The molecule has 0 unspecified atom stereocenters. The van der Waals surface area contributed by atoms with E-state index in [-0.39, 0.29) is 69.7 Å². The van der Waals surface area contributed by atoms with Crippen LogP contribution in [0.1, 0.15) is 215 Å². The summed E-state index contributed by atoms with van der Waals surface area (Å²) in [5.74, 6) is 4.58. The first kappa shape index (κ1) is 78.1. The van der Waals surface area contributed by atoms with E-state index < -0.39 is 0 Å². The maximum atomic E-state index is 11.0. The molecule has 0 amide bonds. The molecule has 0 aliphatic rings. The standard InChI is InChI=1S/3C24H35NOS.3ClH/c3*1-8-13-27-21-12-10-9-11-20(21)25-16-17-14-18(23(2,3)4)15-19(22(17)26)24(5,6)7;;;/h3*9-12,14-15,25-26H,8,13,16H2,1-7H3;3*1H. The monoisotopic (exact) mass is 1260 g/mol. The Morgan fingerprint density at radius 1 is 0.321 bits per heavy atom. The number of aromatic hydroxyl groups is 3. The van der Waals surface area contributed by atoms with Gasteiger partial charge < -0.3 is 31.3 Å². The van der Waals surface area contributed by atoms with Crippen molar-refractivity contribution >= 4 is 89.6 Å². The first-order valence-corrected chi connectivity index (χ1v) is 32.5. The van der Waals surface area contributed by atoms with Gasteiger partial charge in [0.15, 0.2) is 0 Å². The van der Waals surface area contributed by atoms with Gasteiger partial charge in [-0.05, 0) is 157 Å². The van der Waals surface area contributed by atoms with Crippen LogP contribution in [0.5, 0.6) is 17.2 Å². The molecule has 0 saturated carbocycles. The van der Waals surface area contributed by atoms with Crippen LogP contribution in [0.15, 0.2) is 124 Å². The van der Waals surface area contributed by atoms with Crippen LogP contribution in [-0.2, 0) is 52.1 Å².